The molecule has 1 heterocycles. The van der Waals surface area contributed by atoms with Crippen molar-refractivity contribution in [1.82, 2.24) is 9.97 Å². The van der Waals surface area contributed by atoms with Gasteiger partial charge in [0.05, 0.1) is 10.9 Å². The molecule has 0 radical (unpaired) electrons. The van der Waals surface area contributed by atoms with Crippen molar-refractivity contribution in [3.05, 3.63) is 83.9 Å². The Labute approximate surface area is 211 Å². The van der Waals surface area contributed by atoms with Crippen molar-refractivity contribution >= 4 is 16.7 Å². The Morgan fingerprint density at radius 2 is 1.72 bits per heavy atom. The summed E-state index contributed by atoms with van der Waals surface area (Å²) in [5.41, 5.74) is 4.63. The van der Waals surface area contributed by atoms with Crippen LogP contribution < -0.4 is 4.74 Å². The molecule has 2 fully saturated rings. The summed E-state index contributed by atoms with van der Waals surface area (Å²) >= 11 is 0. The van der Waals surface area contributed by atoms with Gasteiger partial charge in [-0.05, 0) is 85.3 Å². The van der Waals surface area contributed by atoms with Crippen molar-refractivity contribution in [3.8, 4) is 23.0 Å². The molecule has 1 aromatic heterocycles. The maximum Gasteiger partial charge on any atom is 0.230 e. The van der Waals surface area contributed by atoms with Gasteiger partial charge in [-0.25, -0.2) is 4.98 Å². The fourth-order valence-corrected chi connectivity index (χ4v) is 7.35. The van der Waals surface area contributed by atoms with E-state index in [9.17, 15) is 4.79 Å². The number of ether oxygens (including phenoxy) is 1. The first kappa shape index (κ1) is 21.7. The first-order chi connectivity index (χ1) is 17.6. The molecular formula is C32H30N2O2. The molecule has 0 bridgehead atoms. The monoisotopic (exact) mass is 474 g/mol. The molecule has 7 rings (SSSR count). The van der Waals surface area contributed by atoms with Crippen LogP contribution in [0, 0.1) is 17.3 Å². The second kappa shape index (κ2) is 8.26. The number of aryl methyl sites for hydroxylation is 1. The third-order valence-corrected chi connectivity index (χ3v) is 9.22. The second-order valence-corrected chi connectivity index (χ2v) is 11.0. The second-order valence-electron chi connectivity index (χ2n) is 11.0. The van der Waals surface area contributed by atoms with Gasteiger partial charge in [-0.1, -0.05) is 55.5 Å². The highest BCUT2D eigenvalue weighted by Gasteiger charge is 2.54. The Morgan fingerprint density at radius 1 is 0.889 bits per heavy atom. The number of carbonyl (C=O) groups excluding carboxylic acids is 1. The molecule has 0 saturated heterocycles. The zero-order chi connectivity index (χ0) is 24.3. The molecule has 0 aliphatic heterocycles. The molecule has 0 N–H and O–H groups in total. The van der Waals surface area contributed by atoms with Gasteiger partial charge in [0.2, 0.25) is 5.88 Å². The van der Waals surface area contributed by atoms with Crippen molar-refractivity contribution in [2.45, 2.75) is 51.4 Å². The Balaban J connectivity index is 1.22. The molecule has 4 heteroatoms. The number of nitrogens with zero attached hydrogens (tertiary/aromatic N) is 2. The quantitative estimate of drug-likeness (QED) is 0.308. The normalized spacial score (nSPS) is 26.8. The molecule has 0 spiro atoms. The van der Waals surface area contributed by atoms with Gasteiger partial charge in [-0.3, -0.25) is 4.79 Å². The zero-order valence-electron chi connectivity index (χ0n) is 20.6. The van der Waals surface area contributed by atoms with Crippen LogP contribution in [0.2, 0.25) is 0 Å². The number of Topliss-reactive ketones (excluding diaryl/α,β-unsaturated/α-hetero) is 1. The molecule has 4 atom stereocenters. The van der Waals surface area contributed by atoms with E-state index >= 15 is 0 Å². The summed E-state index contributed by atoms with van der Waals surface area (Å²) in [4.78, 5) is 22.3. The third kappa shape index (κ3) is 3.38. The van der Waals surface area contributed by atoms with E-state index in [0.717, 1.165) is 54.3 Å². The molecule has 3 aliphatic carbocycles. The summed E-state index contributed by atoms with van der Waals surface area (Å²) in [6.45, 7) is 2.24. The number of hydrogen-bond acceptors (Lipinski definition) is 4. The molecule has 0 amide bonds. The van der Waals surface area contributed by atoms with Gasteiger partial charge in [0, 0.05) is 17.4 Å². The van der Waals surface area contributed by atoms with E-state index in [1.807, 2.05) is 54.6 Å². The smallest absolute Gasteiger partial charge is 0.230 e. The van der Waals surface area contributed by atoms with Crippen LogP contribution in [-0.2, 0) is 11.2 Å². The summed E-state index contributed by atoms with van der Waals surface area (Å²) in [5.74, 6) is 4.34. The molecule has 3 aromatic carbocycles. The van der Waals surface area contributed by atoms with Gasteiger partial charge in [0.1, 0.15) is 11.5 Å². The number of carbonyl (C=O) groups is 1. The number of fused-ring (bicyclic) bond motifs is 6. The lowest BCUT2D eigenvalue weighted by Gasteiger charge is -2.48. The first-order valence-electron chi connectivity index (χ1n) is 13.3. The third-order valence-electron chi connectivity index (χ3n) is 9.22. The van der Waals surface area contributed by atoms with Gasteiger partial charge >= 0.3 is 0 Å². The van der Waals surface area contributed by atoms with E-state index in [4.69, 9.17) is 14.7 Å². The summed E-state index contributed by atoms with van der Waals surface area (Å²) in [6.07, 6.45) is 6.23. The van der Waals surface area contributed by atoms with Gasteiger partial charge in [0.15, 0.2) is 5.82 Å². The fraction of sp³-hybridized carbons (Fsp3) is 0.344. The topological polar surface area (TPSA) is 52.1 Å². The van der Waals surface area contributed by atoms with E-state index < -0.39 is 0 Å². The minimum Gasteiger partial charge on any atom is -0.438 e. The Bertz CT molecular complexity index is 1480. The molecule has 180 valence electrons. The van der Waals surface area contributed by atoms with Crippen LogP contribution in [-0.4, -0.2) is 15.8 Å². The molecule has 36 heavy (non-hydrogen) atoms. The van der Waals surface area contributed by atoms with E-state index in [1.165, 1.54) is 17.5 Å². The first-order valence-corrected chi connectivity index (χ1v) is 13.3. The van der Waals surface area contributed by atoms with Crippen molar-refractivity contribution in [3.63, 3.8) is 0 Å². The molecule has 0 unspecified atom stereocenters. The fourth-order valence-electron chi connectivity index (χ4n) is 7.35. The number of para-hydroxylation sites is 1. The number of aromatic nitrogens is 2. The lowest BCUT2D eigenvalue weighted by atomic mass is 9.55. The van der Waals surface area contributed by atoms with Crippen LogP contribution >= 0.6 is 0 Å². The SMILES string of the molecule is C[C@]12CC[C@@H]3c4ccc(Oc5nc(-c6ccccc6)nc6ccccc56)cc4CC[C@H]3[C@@H]1CCC2=O. The van der Waals surface area contributed by atoms with Crippen LogP contribution in [0.15, 0.2) is 72.8 Å². The van der Waals surface area contributed by atoms with E-state index in [0.29, 0.717) is 35.2 Å². The number of benzene rings is 3. The molecule has 3 aliphatic rings. The van der Waals surface area contributed by atoms with Gasteiger partial charge in [0.25, 0.3) is 0 Å². The van der Waals surface area contributed by atoms with Crippen LogP contribution in [0.5, 0.6) is 11.6 Å². The van der Waals surface area contributed by atoms with E-state index in [-0.39, 0.29) is 5.41 Å². The van der Waals surface area contributed by atoms with Crippen molar-refractivity contribution in [1.29, 1.82) is 0 Å². The highest BCUT2D eigenvalue weighted by molar-refractivity contribution is 5.87. The van der Waals surface area contributed by atoms with Crippen molar-refractivity contribution < 1.29 is 9.53 Å². The average molecular weight is 475 g/mol. The summed E-state index contributed by atoms with van der Waals surface area (Å²) in [7, 11) is 0. The molecule has 4 nitrogen and oxygen atoms in total. The van der Waals surface area contributed by atoms with E-state index in [2.05, 4.69) is 25.1 Å². The molecule has 2 saturated carbocycles. The highest BCUT2D eigenvalue weighted by atomic mass is 16.5. The number of ketones is 1. The lowest BCUT2D eigenvalue weighted by molar-refractivity contribution is -0.129. The molecular weight excluding hydrogens is 444 g/mol. The summed E-state index contributed by atoms with van der Waals surface area (Å²) in [5, 5.41) is 0.910. The van der Waals surface area contributed by atoms with Gasteiger partial charge < -0.3 is 4.74 Å². The van der Waals surface area contributed by atoms with Crippen LogP contribution in [0.3, 0.4) is 0 Å². The standard InChI is InChI=1S/C32H30N2O2/c1-32-18-17-24-23-14-12-22(19-21(23)11-13-25(24)27(32)15-16-29(32)35)36-31-26-9-5-6-10-28(26)33-30(34-31)20-7-3-2-4-8-20/h2-10,12,14,19,24-25,27H,11,13,15-18H2,1H3/t24-,25-,27+,32+/m1/s1. The minimum atomic E-state index is -0.0771. The van der Waals surface area contributed by atoms with Gasteiger partial charge in [-0.15, -0.1) is 0 Å². The predicted molar refractivity (Wildman–Crippen MR) is 141 cm³/mol. The Morgan fingerprint density at radius 3 is 2.61 bits per heavy atom. The van der Waals surface area contributed by atoms with Crippen molar-refractivity contribution in [2.24, 2.45) is 17.3 Å². The van der Waals surface area contributed by atoms with Gasteiger partial charge in [-0.2, -0.15) is 4.98 Å². The number of rotatable bonds is 3. The zero-order valence-corrected chi connectivity index (χ0v) is 20.6. The minimum absolute atomic E-state index is 0.0771. The Kier molecular flexibility index (Phi) is 4.99. The maximum atomic E-state index is 12.6. The maximum absolute atomic E-state index is 12.6. The highest BCUT2D eigenvalue weighted by Crippen LogP contribution is 2.59. The average Bonchev–Trinajstić information content (AvgIpc) is 3.23. The Hall–Kier alpha value is -3.53. The summed E-state index contributed by atoms with van der Waals surface area (Å²) < 4.78 is 6.46. The van der Waals surface area contributed by atoms with Crippen molar-refractivity contribution in [2.75, 3.05) is 0 Å². The lowest BCUT2D eigenvalue weighted by Crippen LogP contribution is -2.42. The number of hydrogen-bond donors (Lipinski definition) is 0. The predicted octanol–water partition coefficient (Wildman–Crippen LogP) is 7.51. The van der Waals surface area contributed by atoms with Crippen LogP contribution in [0.25, 0.3) is 22.3 Å². The van der Waals surface area contributed by atoms with Crippen LogP contribution in [0.4, 0.5) is 0 Å². The largest absolute Gasteiger partial charge is 0.438 e. The summed E-state index contributed by atoms with van der Waals surface area (Å²) in [6, 6.07) is 24.7. The van der Waals surface area contributed by atoms with E-state index in [1.54, 1.807) is 0 Å². The van der Waals surface area contributed by atoms with Crippen LogP contribution in [0.1, 0.15) is 56.1 Å². The molecule has 4 aromatic rings.